The molecule has 3 aromatic rings. The summed E-state index contributed by atoms with van der Waals surface area (Å²) in [7, 11) is 1.69. The Kier molecular flexibility index (Phi) is 7.76. The summed E-state index contributed by atoms with van der Waals surface area (Å²) >= 11 is 12.1. The molecule has 8 heteroatoms. The van der Waals surface area contributed by atoms with E-state index in [0.29, 0.717) is 47.0 Å². The minimum atomic E-state index is -0.270. The summed E-state index contributed by atoms with van der Waals surface area (Å²) < 4.78 is 11.3. The van der Waals surface area contributed by atoms with Crippen molar-refractivity contribution < 1.29 is 14.3 Å². The van der Waals surface area contributed by atoms with Crippen LogP contribution in [0.15, 0.2) is 66.9 Å². The Morgan fingerprint density at radius 2 is 1.87 bits per heavy atom. The lowest BCUT2D eigenvalue weighted by molar-refractivity contribution is 0.207. The molecule has 3 rings (SSSR count). The Labute approximate surface area is 185 Å². The molecule has 0 bridgehead atoms. The molecule has 30 heavy (non-hydrogen) atoms. The first-order chi connectivity index (χ1) is 14.5. The molecule has 1 N–H and O–H groups in total. The third-order valence-electron chi connectivity index (χ3n) is 4.14. The number of pyridine rings is 1. The highest BCUT2D eigenvalue weighted by atomic mass is 35.5. The largest absolute Gasteiger partial charge is 0.492 e. The molecule has 2 amide bonds. The summed E-state index contributed by atoms with van der Waals surface area (Å²) in [5.41, 5.74) is 1.37. The van der Waals surface area contributed by atoms with Crippen molar-refractivity contribution >= 4 is 34.9 Å². The van der Waals surface area contributed by atoms with Crippen LogP contribution in [0.25, 0.3) is 0 Å². The Morgan fingerprint density at radius 1 is 1.07 bits per heavy atom. The number of carbonyl (C=O) groups excluding carboxylic acids is 1. The van der Waals surface area contributed by atoms with E-state index in [1.807, 2.05) is 18.2 Å². The fraction of sp³-hybridized carbons (Fsp3) is 0.182. The smallest absolute Gasteiger partial charge is 0.321 e. The Bertz CT molecular complexity index is 969. The molecule has 2 aromatic carbocycles. The van der Waals surface area contributed by atoms with Gasteiger partial charge in [-0.15, -0.1) is 0 Å². The standard InChI is InChI=1S/C22H21Cl2N3O3/c1-27(12-13-29-19-8-5-16(23)6-9-19)22(28)26-17-7-10-21(20(24)14-17)30-15-18-4-2-3-11-25-18/h2-11,14H,12-13,15H2,1H3,(H,26,28). The summed E-state index contributed by atoms with van der Waals surface area (Å²) in [5.74, 6) is 1.21. The molecule has 156 valence electrons. The van der Waals surface area contributed by atoms with Crippen LogP contribution in [0.5, 0.6) is 11.5 Å². The number of hydrogen-bond acceptors (Lipinski definition) is 4. The SMILES string of the molecule is CN(CCOc1ccc(Cl)cc1)C(=O)Nc1ccc(OCc2ccccn2)c(Cl)c1. The van der Waals surface area contributed by atoms with Gasteiger partial charge in [0.05, 0.1) is 17.3 Å². The lowest BCUT2D eigenvalue weighted by Gasteiger charge is -2.18. The van der Waals surface area contributed by atoms with E-state index in [-0.39, 0.29) is 6.03 Å². The van der Waals surface area contributed by atoms with Crippen molar-refractivity contribution in [1.29, 1.82) is 0 Å². The summed E-state index contributed by atoms with van der Waals surface area (Å²) in [5, 5.41) is 3.85. The average Bonchev–Trinajstić information content (AvgIpc) is 2.75. The molecule has 0 spiro atoms. The van der Waals surface area contributed by atoms with Gasteiger partial charge in [-0.3, -0.25) is 4.98 Å². The third-order valence-corrected chi connectivity index (χ3v) is 4.69. The van der Waals surface area contributed by atoms with Crippen LogP contribution in [-0.4, -0.2) is 36.1 Å². The normalized spacial score (nSPS) is 10.4. The van der Waals surface area contributed by atoms with E-state index in [1.54, 1.807) is 55.7 Å². The minimum absolute atomic E-state index is 0.270. The van der Waals surface area contributed by atoms with Gasteiger partial charge in [0, 0.05) is 24.0 Å². The summed E-state index contributed by atoms with van der Waals surface area (Å²) in [6.07, 6.45) is 1.70. The number of carbonyl (C=O) groups is 1. The van der Waals surface area contributed by atoms with Gasteiger partial charge in [-0.1, -0.05) is 29.3 Å². The predicted molar refractivity (Wildman–Crippen MR) is 119 cm³/mol. The molecule has 0 saturated carbocycles. The Morgan fingerprint density at radius 3 is 2.57 bits per heavy atom. The molecule has 0 unspecified atom stereocenters. The van der Waals surface area contributed by atoms with E-state index in [1.165, 1.54) is 4.90 Å². The molecule has 0 aliphatic rings. The minimum Gasteiger partial charge on any atom is -0.492 e. The topological polar surface area (TPSA) is 63.7 Å². The van der Waals surface area contributed by atoms with Gasteiger partial charge in [0.15, 0.2) is 0 Å². The number of halogens is 2. The van der Waals surface area contributed by atoms with Gasteiger partial charge in [0.1, 0.15) is 24.7 Å². The molecule has 0 aliphatic heterocycles. The van der Waals surface area contributed by atoms with Gasteiger partial charge in [0.2, 0.25) is 0 Å². The van der Waals surface area contributed by atoms with Gasteiger partial charge in [-0.2, -0.15) is 0 Å². The van der Waals surface area contributed by atoms with E-state index in [4.69, 9.17) is 32.7 Å². The molecule has 0 fully saturated rings. The quantitative estimate of drug-likeness (QED) is 0.496. The van der Waals surface area contributed by atoms with Gasteiger partial charge < -0.3 is 19.7 Å². The van der Waals surface area contributed by atoms with Crippen LogP contribution in [0, 0.1) is 0 Å². The van der Waals surface area contributed by atoms with Crippen LogP contribution in [0.1, 0.15) is 5.69 Å². The highest BCUT2D eigenvalue weighted by Gasteiger charge is 2.11. The van der Waals surface area contributed by atoms with Crippen molar-refractivity contribution in [1.82, 2.24) is 9.88 Å². The first-order valence-corrected chi connectivity index (χ1v) is 9.99. The van der Waals surface area contributed by atoms with Gasteiger partial charge in [-0.05, 0) is 54.6 Å². The molecule has 0 radical (unpaired) electrons. The maximum absolute atomic E-state index is 12.4. The van der Waals surface area contributed by atoms with Crippen LogP contribution in [0.2, 0.25) is 10.0 Å². The van der Waals surface area contributed by atoms with Crippen LogP contribution in [0.3, 0.4) is 0 Å². The summed E-state index contributed by atoms with van der Waals surface area (Å²) in [4.78, 5) is 18.1. The van der Waals surface area contributed by atoms with Gasteiger partial charge in [0.25, 0.3) is 0 Å². The number of hydrogen-bond donors (Lipinski definition) is 1. The average molecular weight is 446 g/mol. The third kappa shape index (κ3) is 6.54. The van der Waals surface area contributed by atoms with Gasteiger partial charge >= 0.3 is 6.03 Å². The number of nitrogens with one attached hydrogen (secondary N) is 1. The van der Waals surface area contributed by atoms with Crippen molar-refractivity contribution in [3.05, 3.63) is 82.6 Å². The first kappa shape index (κ1) is 21.7. The number of anilines is 1. The van der Waals surface area contributed by atoms with Crippen molar-refractivity contribution in [2.24, 2.45) is 0 Å². The molecule has 0 saturated heterocycles. The maximum Gasteiger partial charge on any atom is 0.321 e. The van der Waals surface area contributed by atoms with Crippen molar-refractivity contribution in [2.75, 3.05) is 25.5 Å². The zero-order chi connectivity index (χ0) is 21.3. The number of urea groups is 1. The highest BCUT2D eigenvalue weighted by molar-refractivity contribution is 6.32. The number of ether oxygens (including phenoxy) is 2. The Hall–Kier alpha value is -2.96. The monoisotopic (exact) mass is 445 g/mol. The number of likely N-dealkylation sites (N-methyl/N-ethyl adjacent to an activating group) is 1. The summed E-state index contributed by atoms with van der Waals surface area (Å²) in [6, 6.07) is 17.5. The fourth-order valence-electron chi connectivity index (χ4n) is 2.48. The maximum atomic E-state index is 12.4. The second-order valence-corrected chi connectivity index (χ2v) is 7.25. The Balaban J connectivity index is 1.46. The van der Waals surface area contributed by atoms with E-state index in [9.17, 15) is 4.79 Å². The molecule has 0 aliphatic carbocycles. The van der Waals surface area contributed by atoms with E-state index < -0.39 is 0 Å². The van der Waals surface area contributed by atoms with E-state index >= 15 is 0 Å². The second-order valence-electron chi connectivity index (χ2n) is 6.41. The predicted octanol–water partition coefficient (Wildman–Crippen LogP) is 5.51. The molecular weight excluding hydrogens is 425 g/mol. The van der Waals surface area contributed by atoms with Crippen molar-refractivity contribution in [3.8, 4) is 11.5 Å². The zero-order valence-electron chi connectivity index (χ0n) is 16.3. The zero-order valence-corrected chi connectivity index (χ0v) is 17.9. The molecule has 1 aromatic heterocycles. The molecule has 1 heterocycles. The number of nitrogens with zero attached hydrogens (tertiary/aromatic N) is 2. The van der Waals surface area contributed by atoms with Gasteiger partial charge in [-0.25, -0.2) is 4.79 Å². The van der Waals surface area contributed by atoms with Crippen LogP contribution in [-0.2, 0) is 6.61 Å². The lowest BCUT2D eigenvalue weighted by Crippen LogP contribution is -2.34. The lowest BCUT2D eigenvalue weighted by atomic mass is 10.3. The number of rotatable bonds is 8. The van der Waals surface area contributed by atoms with E-state index in [2.05, 4.69) is 10.3 Å². The van der Waals surface area contributed by atoms with E-state index in [0.717, 1.165) is 5.69 Å². The van der Waals surface area contributed by atoms with Crippen molar-refractivity contribution in [2.45, 2.75) is 6.61 Å². The van der Waals surface area contributed by atoms with Crippen LogP contribution < -0.4 is 14.8 Å². The van der Waals surface area contributed by atoms with Crippen LogP contribution >= 0.6 is 23.2 Å². The number of aromatic nitrogens is 1. The fourth-order valence-corrected chi connectivity index (χ4v) is 2.84. The second kappa shape index (κ2) is 10.7. The molecule has 6 nitrogen and oxygen atoms in total. The summed E-state index contributed by atoms with van der Waals surface area (Å²) in [6.45, 7) is 1.07. The van der Waals surface area contributed by atoms with Crippen LogP contribution in [0.4, 0.5) is 10.5 Å². The molecule has 0 atom stereocenters. The number of benzene rings is 2. The number of amides is 2. The first-order valence-electron chi connectivity index (χ1n) is 9.24. The highest BCUT2D eigenvalue weighted by Crippen LogP contribution is 2.28. The molecular formula is C22H21Cl2N3O3. The van der Waals surface area contributed by atoms with Crippen molar-refractivity contribution in [3.63, 3.8) is 0 Å².